The molecular weight excluding hydrogens is 270 g/mol. The molecule has 2 aliphatic rings. The molecule has 3 rings (SSSR count). The van der Waals surface area contributed by atoms with Crippen LogP contribution in [-0.2, 0) is 6.42 Å². The molecule has 0 bridgehead atoms. The van der Waals surface area contributed by atoms with Crippen LogP contribution in [0.2, 0.25) is 0 Å². The zero-order chi connectivity index (χ0) is 14.7. The van der Waals surface area contributed by atoms with E-state index in [-0.39, 0.29) is 12.1 Å². The maximum Gasteiger partial charge on any atom is 0.317 e. The van der Waals surface area contributed by atoms with E-state index in [9.17, 15) is 4.79 Å². The maximum atomic E-state index is 11.4. The second-order valence-corrected chi connectivity index (χ2v) is 5.33. The van der Waals surface area contributed by atoms with Gasteiger partial charge in [0.15, 0.2) is 11.5 Å². The first-order chi connectivity index (χ1) is 10.3. The highest BCUT2D eigenvalue weighted by Gasteiger charge is 2.23. The number of hydrogen-bond acceptors (Lipinski definition) is 4. The van der Waals surface area contributed by atoms with E-state index >= 15 is 0 Å². The number of amides is 2. The number of rotatable bonds is 5. The minimum atomic E-state index is 0.0341. The second-order valence-electron chi connectivity index (χ2n) is 5.33. The predicted molar refractivity (Wildman–Crippen MR) is 79.0 cm³/mol. The number of ether oxygens (including phenoxy) is 2. The molecule has 2 N–H and O–H groups in total. The minimum Gasteiger partial charge on any atom is -0.493 e. The van der Waals surface area contributed by atoms with Crippen molar-refractivity contribution in [3.8, 4) is 11.5 Å². The third-order valence-electron chi connectivity index (χ3n) is 3.94. The van der Waals surface area contributed by atoms with Crippen LogP contribution in [0.4, 0.5) is 4.79 Å². The van der Waals surface area contributed by atoms with Crippen molar-refractivity contribution in [3.05, 3.63) is 23.8 Å². The summed E-state index contributed by atoms with van der Waals surface area (Å²) in [6, 6.07) is 6.28. The molecule has 1 unspecified atom stereocenters. The summed E-state index contributed by atoms with van der Waals surface area (Å²) in [4.78, 5) is 13.3. The number of methoxy groups -OCH3 is 1. The third kappa shape index (κ3) is 3.05. The summed E-state index contributed by atoms with van der Waals surface area (Å²) in [6.07, 6.45) is 0.915. The summed E-state index contributed by atoms with van der Waals surface area (Å²) >= 11 is 0. The third-order valence-corrected chi connectivity index (χ3v) is 3.94. The van der Waals surface area contributed by atoms with Gasteiger partial charge in [-0.1, -0.05) is 12.1 Å². The Hall–Kier alpha value is -1.95. The first-order valence-electron chi connectivity index (χ1n) is 7.33. The molecule has 6 nitrogen and oxygen atoms in total. The second kappa shape index (κ2) is 6.22. The highest BCUT2D eigenvalue weighted by atomic mass is 16.5. The molecule has 6 heteroatoms. The molecule has 2 aliphatic heterocycles. The van der Waals surface area contributed by atoms with Gasteiger partial charge in [0.2, 0.25) is 0 Å². The van der Waals surface area contributed by atoms with Crippen LogP contribution in [0.5, 0.6) is 11.5 Å². The number of carbonyl (C=O) groups excluding carboxylic acids is 1. The zero-order valence-corrected chi connectivity index (χ0v) is 12.2. The molecule has 2 heterocycles. The monoisotopic (exact) mass is 291 g/mol. The van der Waals surface area contributed by atoms with Gasteiger partial charge in [-0.05, 0) is 18.1 Å². The number of benzene rings is 1. The number of para-hydroxylation sites is 1. The van der Waals surface area contributed by atoms with Crippen molar-refractivity contribution in [2.24, 2.45) is 0 Å². The molecule has 1 saturated heterocycles. The molecule has 2 amide bonds. The van der Waals surface area contributed by atoms with Gasteiger partial charge in [-0.2, -0.15) is 0 Å². The summed E-state index contributed by atoms with van der Waals surface area (Å²) in [5.41, 5.74) is 1.16. The summed E-state index contributed by atoms with van der Waals surface area (Å²) in [5.74, 6) is 1.65. The first-order valence-corrected chi connectivity index (χ1v) is 7.33. The van der Waals surface area contributed by atoms with E-state index < -0.39 is 0 Å². The fraction of sp³-hybridized carbons (Fsp3) is 0.533. The Labute approximate surface area is 124 Å². The van der Waals surface area contributed by atoms with Crippen LogP contribution < -0.4 is 20.1 Å². The molecule has 1 atom stereocenters. The van der Waals surface area contributed by atoms with E-state index in [0.29, 0.717) is 6.61 Å². The van der Waals surface area contributed by atoms with Gasteiger partial charge in [0.25, 0.3) is 0 Å². The topological polar surface area (TPSA) is 62.8 Å². The molecule has 0 spiro atoms. The maximum absolute atomic E-state index is 11.4. The Morgan fingerprint density at radius 2 is 2.43 bits per heavy atom. The Bertz CT molecular complexity index is 521. The van der Waals surface area contributed by atoms with Crippen LogP contribution >= 0.6 is 0 Å². The Balaban J connectivity index is 1.51. The van der Waals surface area contributed by atoms with E-state index in [1.165, 1.54) is 0 Å². The van der Waals surface area contributed by atoms with E-state index in [1.54, 1.807) is 7.11 Å². The van der Waals surface area contributed by atoms with Gasteiger partial charge in [0, 0.05) is 32.2 Å². The lowest BCUT2D eigenvalue weighted by molar-refractivity contribution is 0.209. The van der Waals surface area contributed by atoms with Crippen molar-refractivity contribution in [2.75, 3.05) is 39.9 Å². The van der Waals surface area contributed by atoms with Crippen molar-refractivity contribution < 1.29 is 14.3 Å². The van der Waals surface area contributed by atoms with Crippen molar-refractivity contribution in [1.29, 1.82) is 0 Å². The largest absolute Gasteiger partial charge is 0.493 e. The fourth-order valence-corrected chi connectivity index (χ4v) is 2.81. The van der Waals surface area contributed by atoms with Crippen molar-refractivity contribution in [1.82, 2.24) is 15.5 Å². The normalized spacial score (nSPS) is 20.7. The van der Waals surface area contributed by atoms with E-state index in [0.717, 1.165) is 49.7 Å². The average Bonchev–Trinajstić information content (AvgIpc) is 2.92. The molecule has 1 aromatic carbocycles. The highest BCUT2D eigenvalue weighted by Crippen LogP contribution is 2.34. The van der Waals surface area contributed by atoms with Crippen molar-refractivity contribution in [3.63, 3.8) is 0 Å². The lowest BCUT2D eigenvalue weighted by Crippen LogP contribution is -2.43. The highest BCUT2D eigenvalue weighted by molar-refractivity contribution is 5.76. The SMILES string of the molecule is COc1cccc2c1OCC(NCCN1CCNC1=O)C2. The van der Waals surface area contributed by atoms with Gasteiger partial charge in [-0.3, -0.25) is 0 Å². The van der Waals surface area contributed by atoms with Gasteiger partial charge in [0.1, 0.15) is 6.61 Å². The Morgan fingerprint density at radius 3 is 3.19 bits per heavy atom. The first kappa shape index (κ1) is 14.0. The summed E-state index contributed by atoms with van der Waals surface area (Å²) in [5, 5.41) is 6.26. The van der Waals surface area contributed by atoms with Crippen molar-refractivity contribution in [2.45, 2.75) is 12.5 Å². The van der Waals surface area contributed by atoms with Crippen LogP contribution in [0.15, 0.2) is 18.2 Å². The molecule has 0 radical (unpaired) electrons. The minimum absolute atomic E-state index is 0.0341. The number of nitrogens with zero attached hydrogens (tertiary/aromatic N) is 1. The number of carbonyl (C=O) groups is 1. The Kier molecular flexibility index (Phi) is 4.15. The van der Waals surface area contributed by atoms with Crippen LogP contribution in [0.25, 0.3) is 0 Å². The summed E-state index contributed by atoms with van der Waals surface area (Å²) in [6.45, 7) is 3.67. The molecule has 0 aliphatic carbocycles. The number of hydrogen-bond donors (Lipinski definition) is 2. The van der Waals surface area contributed by atoms with Gasteiger partial charge in [0.05, 0.1) is 7.11 Å². The predicted octanol–water partition coefficient (Wildman–Crippen LogP) is 0.613. The average molecular weight is 291 g/mol. The number of urea groups is 1. The zero-order valence-electron chi connectivity index (χ0n) is 12.2. The lowest BCUT2D eigenvalue weighted by Gasteiger charge is -2.27. The lowest BCUT2D eigenvalue weighted by atomic mass is 10.0. The molecular formula is C15H21N3O3. The summed E-state index contributed by atoms with van der Waals surface area (Å²) in [7, 11) is 1.66. The summed E-state index contributed by atoms with van der Waals surface area (Å²) < 4.78 is 11.1. The molecule has 114 valence electrons. The van der Waals surface area contributed by atoms with Crippen LogP contribution in [0.1, 0.15) is 5.56 Å². The van der Waals surface area contributed by atoms with Crippen LogP contribution in [-0.4, -0.2) is 56.9 Å². The van der Waals surface area contributed by atoms with Crippen molar-refractivity contribution >= 4 is 6.03 Å². The van der Waals surface area contributed by atoms with Gasteiger partial charge in [-0.15, -0.1) is 0 Å². The van der Waals surface area contributed by atoms with Crippen LogP contribution in [0.3, 0.4) is 0 Å². The van der Waals surface area contributed by atoms with E-state index in [2.05, 4.69) is 16.7 Å². The number of nitrogens with one attached hydrogen (secondary N) is 2. The van der Waals surface area contributed by atoms with Gasteiger partial charge in [-0.25, -0.2) is 4.79 Å². The van der Waals surface area contributed by atoms with Gasteiger partial charge < -0.3 is 25.0 Å². The van der Waals surface area contributed by atoms with E-state index in [1.807, 2.05) is 17.0 Å². The van der Waals surface area contributed by atoms with Crippen LogP contribution in [0, 0.1) is 0 Å². The Morgan fingerprint density at radius 1 is 1.52 bits per heavy atom. The fourth-order valence-electron chi connectivity index (χ4n) is 2.81. The molecule has 0 aromatic heterocycles. The standard InChI is InChI=1S/C15H21N3O3/c1-20-13-4-2-3-11-9-12(10-21-14(11)13)16-5-7-18-8-6-17-15(18)19/h2-4,12,16H,5-10H2,1H3,(H,17,19). The van der Waals surface area contributed by atoms with Gasteiger partial charge >= 0.3 is 6.03 Å². The molecule has 21 heavy (non-hydrogen) atoms. The molecule has 1 fully saturated rings. The number of fused-ring (bicyclic) bond motifs is 1. The molecule has 1 aromatic rings. The smallest absolute Gasteiger partial charge is 0.317 e. The quantitative estimate of drug-likeness (QED) is 0.834. The van der Waals surface area contributed by atoms with E-state index in [4.69, 9.17) is 9.47 Å². The molecule has 0 saturated carbocycles.